The summed E-state index contributed by atoms with van der Waals surface area (Å²) in [6.07, 6.45) is -0.180. The summed E-state index contributed by atoms with van der Waals surface area (Å²) in [6.45, 7) is -0.0939. The highest BCUT2D eigenvalue weighted by Crippen LogP contribution is 2.39. The van der Waals surface area contributed by atoms with Gasteiger partial charge in [-0.2, -0.15) is 18.4 Å². The summed E-state index contributed by atoms with van der Waals surface area (Å²) in [5.41, 5.74) is 1.37. The number of benzene rings is 1. The molecule has 8 heteroatoms. The predicted molar refractivity (Wildman–Crippen MR) is 66.7 cm³/mol. The van der Waals surface area contributed by atoms with E-state index >= 15 is 0 Å². The van der Waals surface area contributed by atoms with E-state index in [1.807, 2.05) is 0 Å². The lowest BCUT2D eigenvalue weighted by Crippen LogP contribution is -2.09. The minimum atomic E-state index is -4.53. The minimum Gasteiger partial charge on any atom is -0.469 e. The third-order valence-electron chi connectivity index (χ3n) is 2.38. The highest BCUT2D eigenvalue weighted by molar-refractivity contribution is 8.00. The molecule has 1 rings (SSSR count). The summed E-state index contributed by atoms with van der Waals surface area (Å²) in [5.74, 6) is -0.583. The third-order valence-corrected chi connectivity index (χ3v) is 3.15. The molecule has 1 aromatic rings. The van der Waals surface area contributed by atoms with Crippen LogP contribution in [0.1, 0.15) is 16.7 Å². The molecule has 0 aliphatic heterocycles. The van der Waals surface area contributed by atoms with Gasteiger partial charge in [0.1, 0.15) is 6.07 Å². The molecule has 1 aromatic carbocycles. The molecule has 0 spiro atoms. The first-order valence-electron chi connectivity index (χ1n) is 5.39. The van der Waals surface area contributed by atoms with E-state index in [-0.39, 0.29) is 29.0 Å². The summed E-state index contributed by atoms with van der Waals surface area (Å²) < 4.78 is 41.9. The summed E-state index contributed by atoms with van der Waals surface area (Å²) >= 11 is -0.400. The zero-order chi connectivity index (χ0) is 15.3. The van der Waals surface area contributed by atoms with E-state index in [0.717, 1.165) is 6.07 Å². The summed E-state index contributed by atoms with van der Waals surface area (Å²) in [5, 5.41) is 8.97. The molecule has 20 heavy (non-hydrogen) atoms. The van der Waals surface area contributed by atoms with E-state index in [4.69, 9.17) is 11.0 Å². The fraction of sp³-hybridized carbons (Fsp3) is 0.333. The monoisotopic (exact) mass is 304 g/mol. The Labute approximate surface area is 117 Å². The number of carbonyl (C=O) groups excluding carboxylic acids is 1. The van der Waals surface area contributed by atoms with Gasteiger partial charge in [-0.25, -0.2) is 0 Å². The lowest BCUT2D eigenvalue weighted by molar-refractivity contribution is -0.139. The number of ether oxygens (including phenoxy) is 1. The number of nitriles is 1. The van der Waals surface area contributed by atoms with Gasteiger partial charge in [-0.15, -0.1) is 0 Å². The van der Waals surface area contributed by atoms with Gasteiger partial charge in [0.05, 0.1) is 19.1 Å². The van der Waals surface area contributed by atoms with Crippen molar-refractivity contribution in [2.24, 2.45) is 5.73 Å². The van der Waals surface area contributed by atoms with Crippen molar-refractivity contribution in [1.82, 2.24) is 0 Å². The number of alkyl halides is 3. The molecule has 0 radical (unpaired) electrons. The van der Waals surface area contributed by atoms with Crippen LogP contribution < -0.4 is 5.73 Å². The first-order chi connectivity index (χ1) is 9.30. The highest BCUT2D eigenvalue weighted by atomic mass is 32.2. The van der Waals surface area contributed by atoms with Gasteiger partial charge in [-0.1, -0.05) is 6.07 Å². The maximum atomic E-state index is 12.5. The average molecular weight is 304 g/mol. The van der Waals surface area contributed by atoms with Crippen LogP contribution in [0, 0.1) is 11.3 Å². The van der Waals surface area contributed by atoms with Gasteiger partial charge in [0, 0.05) is 11.4 Å². The number of nitrogens with two attached hydrogens (primary N) is 1. The Morgan fingerprint density at radius 2 is 2.15 bits per heavy atom. The van der Waals surface area contributed by atoms with Gasteiger partial charge < -0.3 is 10.5 Å². The van der Waals surface area contributed by atoms with E-state index in [0.29, 0.717) is 5.56 Å². The maximum absolute atomic E-state index is 12.5. The molecule has 0 aliphatic rings. The molecule has 4 nitrogen and oxygen atoms in total. The molecule has 0 saturated carbocycles. The molecule has 2 N–H and O–H groups in total. The summed E-state index contributed by atoms with van der Waals surface area (Å²) in [4.78, 5) is 10.9. The van der Waals surface area contributed by atoms with E-state index in [1.54, 1.807) is 6.07 Å². The molecule has 0 saturated heterocycles. The van der Waals surface area contributed by atoms with Gasteiger partial charge >= 0.3 is 11.5 Å². The minimum absolute atomic E-state index is 0.0939. The second-order valence-electron chi connectivity index (χ2n) is 3.74. The summed E-state index contributed by atoms with van der Waals surface area (Å²) in [7, 11) is 1.18. The lowest BCUT2D eigenvalue weighted by Gasteiger charge is -2.12. The van der Waals surface area contributed by atoms with Crippen LogP contribution in [0.15, 0.2) is 17.0 Å². The van der Waals surface area contributed by atoms with Crippen LogP contribution in [0.2, 0.25) is 0 Å². The molecule has 0 amide bonds. The number of esters is 1. The maximum Gasteiger partial charge on any atom is 0.446 e. The Hall–Kier alpha value is -1.72. The molecule has 0 fully saturated rings. The lowest BCUT2D eigenvalue weighted by atomic mass is 10.0. The van der Waals surface area contributed by atoms with Crippen molar-refractivity contribution in [3.63, 3.8) is 0 Å². The van der Waals surface area contributed by atoms with Crippen molar-refractivity contribution in [2.75, 3.05) is 7.11 Å². The SMILES string of the molecule is COC(=O)Cc1cc(CN)c(C#N)c(SC(F)(F)F)c1. The standard InChI is InChI=1S/C12H11F3N2O2S/c1-19-11(18)4-7-2-8(5-16)9(6-17)10(3-7)20-12(13,14)15/h2-3H,4-5,16H2,1H3. The van der Waals surface area contributed by atoms with Crippen molar-refractivity contribution in [3.8, 4) is 6.07 Å². The molecule has 0 heterocycles. The molecule has 0 aromatic heterocycles. The first kappa shape index (κ1) is 16.3. The van der Waals surface area contributed by atoms with E-state index in [9.17, 15) is 18.0 Å². The Morgan fingerprint density at radius 1 is 1.50 bits per heavy atom. The van der Waals surface area contributed by atoms with Gasteiger partial charge in [0.15, 0.2) is 0 Å². The third kappa shape index (κ3) is 4.43. The predicted octanol–water partition coefficient (Wildman–Crippen LogP) is 2.34. The van der Waals surface area contributed by atoms with Crippen molar-refractivity contribution >= 4 is 17.7 Å². The zero-order valence-corrected chi connectivity index (χ0v) is 11.3. The van der Waals surface area contributed by atoms with Crippen molar-refractivity contribution < 1.29 is 22.7 Å². The molecular weight excluding hydrogens is 293 g/mol. The average Bonchev–Trinajstić information content (AvgIpc) is 2.36. The van der Waals surface area contributed by atoms with E-state index < -0.39 is 23.2 Å². The second-order valence-corrected chi connectivity index (χ2v) is 4.85. The van der Waals surface area contributed by atoms with Crippen LogP contribution in [0.25, 0.3) is 0 Å². The number of hydrogen-bond acceptors (Lipinski definition) is 5. The second kappa shape index (κ2) is 6.63. The number of rotatable bonds is 4. The van der Waals surface area contributed by atoms with E-state index in [2.05, 4.69) is 4.74 Å². The van der Waals surface area contributed by atoms with Gasteiger partial charge in [0.25, 0.3) is 0 Å². The number of carbonyl (C=O) groups is 1. The molecular formula is C12H11F3N2O2S. The zero-order valence-electron chi connectivity index (χ0n) is 10.5. The molecule has 0 atom stereocenters. The Balaban J connectivity index is 3.28. The van der Waals surface area contributed by atoms with E-state index in [1.165, 1.54) is 13.2 Å². The fourth-order valence-corrected chi connectivity index (χ4v) is 2.31. The largest absolute Gasteiger partial charge is 0.469 e. The highest BCUT2D eigenvalue weighted by Gasteiger charge is 2.31. The smallest absolute Gasteiger partial charge is 0.446 e. The van der Waals surface area contributed by atoms with Gasteiger partial charge in [0.2, 0.25) is 0 Å². The van der Waals surface area contributed by atoms with Crippen LogP contribution in [-0.4, -0.2) is 18.6 Å². The van der Waals surface area contributed by atoms with Crippen LogP contribution in [0.3, 0.4) is 0 Å². The van der Waals surface area contributed by atoms with Gasteiger partial charge in [-0.3, -0.25) is 4.79 Å². The molecule has 0 unspecified atom stereocenters. The van der Waals surface area contributed by atoms with Crippen molar-refractivity contribution in [2.45, 2.75) is 23.4 Å². The normalized spacial score (nSPS) is 11.0. The van der Waals surface area contributed by atoms with Crippen LogP contribution in [0.5, 0.6) is 0 Å². The first-order valence-corrected chi connectivity index (χ1v) is 6.21. The Morgan fingerprint density at radius 3 is 2.60 bits per heavy atom. The topological polar surface area (TPSA) is 76.1 Å². The number of nitrogens with zero attached hydrogens (tertiary/aromatic N) is 1. The summed E-state index contributed by atoms with van der Waals surface area (Å²) in [6, 6.07) is 4.32. The van der Waals surface area contributed by atoms with Crippen molar-refractivity contribution in [3.05, 3.63) is 28.8 Å². The quantitative estimate of drug-likeness (QED) is 0.682. The number of halogens is 3. The molecule has 108 valence electrons. The van der Waals surface area contributed by atoms with Crippen LogP contribution in [0.4, 0.5) is 13.2 Å². The Bertz CT molecular complexity index is 553. The Kier molecular flexibility index (Phi) is 5.42. The molecule has 0 aliphatic carbocycles. The number of thioether (sulfide) groups is 1. The molecule has 0 bridgehead atoms. The van der Waals surface area contributed by atoms with Crippen LogP contribution >= 0.6 is 11.8 Å². The number of hydrogen-bond donors (Lipinski definition) is 1. The number of methoxy groups -OCH3 is 1. The fourth-order valence-electron chi connectivity index (χ4n) is 1.57. The van der Waals surface area contributed by atoms with Gasteiger partial charge in [-0.05, 0) is 29.0 Å². The van der Waals surface area contributed by atoms with Crippen LogP contribution in [-0.2, 0) is 22.5 Å². The van der Waals surface area contributed by atoms with Crippen molar-refractivity contribution in [1.29, 1.82) is 5.26 Å².